The molecule has 0 aliphatic carbocycles. The Morgan fingerprint density at radius 1 is 1.52 bits per heavy atom. The van der Waals surface area contributed by atoms with E-state index in [2.05, 4.69) is 14.9 Å². The normalized spacial score (nSPS) is 13.3. The molecule has 1 unspecified atom stereocenters. The molecule has 2 N–H and O–H groups in total. The van der Waals surface area contributed by atoms with E-state index in [1.54, 1.807) is 25.5 Å². The second kappa shape index (κ2) is 5.54. The van der Waals surface area contributed by atoms with Crippen LogP contribution in [0.5, 0.6) is 0 Å². The number of sulfonamides is 1. The van der Waals surface area contributed by atoms with Crippen LogP contribution in [0.15, 0.2) is 17.3 Å². The van der Waals surface area contributed by atoms with Crippen molar-refractivity contribution in [1.29, 1.82) is 0 Å². The fraction of sp³-hybridized carbons (Fsp3) is 0.364. The fourth-order valence-electron chi connectivity index (χ4n) is 1.87. The molecule has 0 saturated carbocycles. The van der Waals surface area contributed by atoms with Crippen molar-refractivity contribution in [2.24, 2.45) is 7.05 Å². The molecule has 2 aromatic rings. The summed E-state index contributed by atoms with van der Waals surface area (Å²) in [5.41, 5.74) is 0. The van der Waals surface area contributed by atoms with Crippen molar-refractivity contribution in [3.8, 4) is 0 Å². The first-order chi connectivity index (χ1) is 9.72. The number of hydrogen-bond donors (Lipinski definition) is 2. The molecule has 2 heterocycles. The van der Waals surface area contributed by atoms with Gasteiger partial charge in [-0.1, -0.05) is 0 Å². The SMILES string of the molecule is Cc1sc(C(=O)O)cc1S(=O)(=O)NC(C)c1nncn1C. The molecule has 0 spiro atoms. The van der Waals surface area contributed by atoms with Crippen molar-refractivity contribution in [3.05, 3.63) is 28.0 Å². The summed E-state index contributed by atoms with van der Waals surface area (Å²) in [5, 5.41) is 16.5. The Kier molecular flexibility index (Phi) is 4.12. The molecule has 0 amide bonds. The molecule has 0 bridgehead atoms. The van der Waals surface area contributed by atoms with Crippen LogP contribution in [0.2, 0.25) is 0 Å². The third kappa shape index (κ3) is 3.12. The predicted molar refractivity (Wildman–Crippen MR) is 75.8 cm³/mol. The molecule has 0 aromatic carbocycles. The summed E-state index contributed by atoms with van der Waals surface area (Å²) in [7, 11) is -2.12. The van der Waals surface area contributed by atoms with E-state index < -0.39 is 22.0 Å². The average Bonchev–Trinajstić information content (AvgIpc) is 2.94. The number of nitrogens with one attached hydrogen (secondary N) is 1. The molecule has 10 heteroatoms. The third-order valence-corrected chi connectivity index (χ3v) is 5.67. The summed E-state index contributed by atoms with van der Waals surface area (Å²) < 4.78 is 28.8. The van der Waals surface area contributed by atoms with Crippen LogP contribution in [0.25, 0.3) is 0 Å². The highest BCUT2D eigenvalue weighted by Crippen LogP contribution is 2.26. The molecule has 8 nitrogen and oxygen atoms in total. The minimum Gasteiger partial charge on any atom is -0.477 e. The highest BCUT2D eigenvalue weighted by molar-refractivity contribution is 7.89. The zero-order chi connectivity index (χ0) is 15.8. The topological polar surface area (TPSA) is 114 Å². The Morgan fingerprint density at radius 3 is 2.67 bits per heavy atom. The highest BCUT2D eigenvalue weighted by atomic mass is 32.2. The van der Waals surface area contributed by atoms with Crippen molar-refractivity contribution < 1.29 is 18.3 Å². The molecule has 0 aliphatic heterocycles. The second-order valence-corrected chi connectivity index (χ2v) is 7.42. The van der Waals surface area contributed by atoms with E-state index in [-0.39, 0.29) is 9.77 Å². The summed E-state index contributed by atoms with van der Waals surface area (Å²) in [6, 6.07) is 0.573. The molecule has 114 valence electrons. The first-order valence-corrected chi connectivity index (χ1v) is 8.22. The van der Waals surface area contributed by atoms with Gasteiger partial charge in [-0.05, 0) is 19.9 Å². The highest BCUT2D eigenvalue weighted by Gasteiger charge is 2.25. The molecule has 0 fully saturated rings. The summed E-state index contributed by atoms with van der Waals surface area (Å²) >= 11 is 0.925. The Bertz CT molecular complexity index is 778. The Balaban J connectivity index is 2.31. The van der Waals surface area contributed by atoms with Gasteiger partial charge in [-0.25, -0.2) is 17.9 Å². The monoisotopic (exact) mass is 330 g/mol. The molecule has 21 heavy (non-hydrogen) atoms. The van der Waals surface area contributed by atoms with Crippen LogP contribution in [0, 0.1) is 6.92 Å². The number of rotatable bonds is 5. The van der Waals surface area contributed by atoms with E-state index in [1.165, 1.54) is 6.33 Å². The maximum Gasteiger partial charge on any atom is 0.345 e. The number of carboxylic acid groups (broad SMARTS) is 1. The third-order valence-electron chi connectivity index (χ3n) is 2.84. The van der Waals surface area contributed by atoms with E-state index in [0.717, 1.165) is 17.4 Å². The molecule has 2 aromatic heterocycles. The Morgan fingerprint density at radius 2 is 2.19 bits per heavy atom. The molecular weight excluding hydrogens is 316 g/mol. The number of aromatic nitrogens is 3. The zero-order valence-corrected chi connectivity index (χ0v) is 13.2. The standard InChI is InChI=1S/C11H14N4O4S2/c1-6(10-13-12-5-15(10)3)14-21(18,19)9-4-8(11(16)17)20-7(9)2/h4-6,14H,1-3H3,(H,16,17). The summed E-state index contributed by atoms with van der Waals surface area (Å²) in [6.45, 7) is 3.21. The lowest BCUT2D eigenvalue weighted by molar-refractivity contribution is 0.0702. The van der Waals surface area contributed by atoms with Gasteiger partial charge < -0.3 is 9.67 Å². The first kappa shape index (κ1) is 15.6. The Hall–Kier alpha value is -1.78. The Labute approximate surface area is 125 Å². The van der Waals surface area contributed by atoms with Gasteiger partial charge in [0.25, 0.3) is 0 Å². The molecule has 2 rings (SSSR count). The maximum absolute atomic E-state index is 12.4. The number of hydrogen-bond acceptors (Lipinski definition) is 6. The number of aromatic carboxylic acids is 1. The van der Waals surface area contributed by atoms with Gasteiger partial charge in [-0.2, -0.15) is 0 Å². The van der Waals surface area contributed by atoms with Crippen LogP contribution in [0.1, 0.15) is 33.3 Å². The van der Waals surface area contributed by atoms with Gasteiger partial charge in [0, 0.05) is 11.9 Å². The smallest absolute Gasteiger partial charge is 0.345 e. The lowest BCUT2D eigenvalue weighted by Gasteiger charge is -2.13. The predicted octanol–water partition coefficient (Wildman–Crippen LogP) is 0.923. The van der Waals surface area contributed by atoms with E-state index in [0.29, 0.717) is 10.7 Å². The summed E-state index contributed by atoms with van der Waals surface area (Å²) in [6.07, 6.45) is 1.47. The van der Waals surface area contributed by atoms with E-state index >= 15 is 0 Å². The molecule has 0 aliphatic rings. The largest absolute Gasteiger partial charge is 0.477 e. The minimum atomic E-state index is -3.83. The van der Waals surface area contributed by atoms with Gasteiger partial charge in [0.2, 0.25) is 10.0 Å². The van der Waals surface area contributed by atoms with E-state index in [1.807, 2.05) is 0 Å². The quantitative estimate of drug-likeness (QED) is 0.842. The molecular formula is C11H14N4O4S2. The van der Waals surface area contributed by atoms with Crippen LogP contribution in [-0.4, -0.2) is 34.3 Å². The van der Waals surface area contributed by atoms with Crippen molar-refractivity contribution >= 4 is 27.3 Å². The average molecular weight is 330 g/mol. The molecule has 1 atom stereocenters. The lowest BCUT2D eigenvalue weighted by Crippen LogP contribution is -2.28. The number of thiophene rings is 1. The fourth-order valence-corrected chi connectivity index (χ4v) is 4.50. The van der Waals surface area contributed by atoms with Crippen molar-refractivity contribution in [3.63, 3.8) is 0 Å². The second-order valence-electron chi connectivity index (χ2n) is 4.48. The summed E-state index contributed by atoms with van der Waals surface area (Å²) in [5.74, 6) is -0.684. The maximum atomic E-state index is 12.4. The lowest BCUT2D eigenvalue weighted by atomic mass is 10.3. The number of carbonyl (C=O) groups is 1. The number of carboxylic acids is 1. The van der Waals surface area contributed by atoms with Gasteiger partial charge in [-0.15, -0.1) is 21.5 Å². The van der Waals surface area contributed by atoms with Crippen molar-refractivity contribution in [1.82, 2.24) is 19.5 Å². The van der Waals surface area contributed by atoms with Crippen molar-refractivity contribution in [2.45, 2.75) is 24.8 Å². The number of aryl methyl sites for hydroxylation is 2. The van der Waals surface area contributed by atoms with Gasteiger partial charge in [0.1, 0.15) is 17.0 Å². The van der Waals surface area contributed by atoms with Gasteiger partial charge in [-0.3, -0.25) is 0 Å². The number of nitrogens with zero attached hydrogens (tertiary/aromatic N) is 3. The van der Waals surface area contributed by atoms with E-state index in [4.69, 9.17) is 5.11 Å². The van der Waals surface area contributed by atoms with Crippen LogP contribution >= 0.6 is 11.3 Å². The van der Waals surface area contributed by atoms with Crippen LogP contribution in [0.3, 0.4) is 0 Å². The van der Waals surface area contributed by atoms with Crippen LogP contribution in [-0.2, 0) is 17.1 Å². The van der Waals surface area contributed by atoms with Gasteiger partial charge >= 0.3 is 5.97 Å². The minimum absolute atomic E-state index is 0.0146. The van der Waals surface area contributed by atoms with E-state index in [9.17, 15) is 13.2 Å². The molecule has 0 radical (unpaired) electrons. The van der Waals surface area contributed by atoms with Crippen LogP contribution in [0.4, 0.5) is 0 Å². The van der Waals surface area contributed by atoms with Gasteiger partial charge in [0.15, 0.2) is 0 Å². The van der Waals surface area contributed by atoms with Crippen LogP contribution < -0.4 is 4.72 Å². The molecule has 0 saturated heterocycles. The first-order valence-electron chi connectivity index (χ1n) is 5.92. The van der Waals surface area contributed by atoms with Crippen molar-refractivity contribution in [2.75, 3.05) is 0 Å². The summed E-state index contributed by atoms with van der Waals surface area (Å²) in [4.78, 5) is 11.3. The van der Waals surface area contributed by atoms with Gasteiger partial charge in [0.05, 0.1) is 10.9 Å². The zero-order valence-electron chi connectivity index (χ0n) is 11.6.